The van der Waals surface area contributed by atoms with Crippen molar-refractivity contribution in [2.75, 3.05) is 0 Å². The van der Waals surface area contributed by atoms with Crippen LogP contribution in [0.15, 0.2) is 30.5 Å². The number of aliphatic hydroxyl groups excluding tert-OH is 1. The van der Waals surface area contributed by atoms with E-state index in [9.17, 15) is 5.11 Å². The van der Waals surface area contributed by atoms with Crippen LogP contribution in [0.1, 0.15) is 18.6 Å². The van der Waals surface area contributed by atoms with Crippen LogP contribution in [-0.4, -0.2) is 9.67 Å². The van der Waals surface area contributed by atoms with Crippen LogP contribution in [0, 0.1) is 0 Å². The molecule has 0 aliphatic carbocycles. The van der Waals surface area contributed by atoms with Crippen molar-refractivity contribution in [3.63, 3.8) is 0 Å². The predicted octanol–water partition coefficient (Wildman–Crippen LogP) is 2.23. The number of fused-ring (bicyclic) bond motifs is 1. The molecule has 0 aliphatic rings. The van der Waals surface area contributed by atoms with Gasteiger partial charge >= 0.3 is 0 Å². The summed E-state index contributed by atoms with van der Waals surface area (Å²) in [5.74, 6) is 0. The minimum absolute atomic E-state index is 0.390. The largest absolute Gasteiger partial charge is 0.389 e. The first-order chi connectivity index (χ1) is 6.18. The molecule has 13 heavy (non-hydrogen) atoms. The highest BCUT2D eigenvalue weighted by Crippen LogP contribution is 2.20. The minimum atomic E-state index is -0.390. The van der Waals surface area contributed by atoms with Crippen LogP contribution in [0.3, 0.4) is 0 Å². The molecule has 0 radical (unpaired) electrons. The normalized spacial score (nSPS) is 13.5. The fourth-order valence-corrected chi connectivity index (χ4v) is 1.54. The molecule has 0 amide bonds. The van der Waals surface area contributed by atoms with Crippen molar-refractivity contribution in [2.24, 2.45) is 7.05 Å². The van der Waals surface area contributed by atoms with Gasteiger partial charge in [-0.3, -0.25) is 0 Å². The van der Waals surface area contributed by atoms with Gasteiger partial charge in [0.2, 0.25) is 0 Å². The first-order valence-electron chi connectivity index (χ1n) is 4.41. The lowest BCUT2D eigenvalue weighted by atomic mass is 10.1. The monoisotopic (exact) mass is 175 g/mol. The van der Waals surface area contributed by atoms with E-state index in [0.29, 0.717) is 0 Å². The molecular weight excluding hydrogens is 162 g/mol. The number of rotatable bonds is 1. The third-order valence-electron chi connectivity index (χ3n) is 2.39. The number of nitrogens with zero attached hydrogens (tertiary/aromatic N) is 1. The molecule has 0 aliphatic heterocycles. The summed E-state index contributed by atoms with van der Waals surface area (Å²) in [6.45, 7) is 1.78. The second kappa shape index (κ2) is 2.89. The molecule has 1 N–H and O–H groups in total. The van der Waals surface area contributed by atoms with E-state index in [-0.39, 0.29) is 6.10 Å². The number of benzene rings is 1. The summed E-state index contributed by atoms with van der Waals surface area (Å²) in [6, 6.07) is 8.10. The van der Waals surface area contributed by atoms with Crippen molar-refractivity contribution in [3.05, 3.63) is 36.0 Å². The lowest BCUT2D eigenvalue weighted by Crippen LogP contribution is -1.91. The van der Waals surface area contributed by atoms with Gasteiger partial charge in [-0.05, 0) is 30.0 Å². The number of aliphatic hydroxyl groups is 1. The Balaban J connectivity index is 2.66. The lowest BCUT2D eigenvalue weighted by molar-refractivity contribution is 0.199. The van der Waals surface area contributed by atoms with E-state index in [1.54, 1.807) is 6.92 Å². The van der Waals surface area contributed by atoms with Crippen molar-refractivity contribution in [1.29, 1.82) is 0 Å². The molecule has 0 bridgehead atoms. The number of hydrogen-bond donors (Lipinski definition) is 1. The average Bonchev–Trinajstić information content (AvgIpc) is 2.47. The molecule has 2 aromatic rings. The highest BCUT2D eigenvalue weighted by molar-refractivity contribution is 5.80. The topological polar surface area (TPSA) is 25.2 Å². The van der Waals surface area contributed by atoms with Crippen LogP contribution in [0.4, 0.5) is 0 Å². The molecule has 1 aromatic heterocycles. The molecule has 2 rings (SSSR count). The van der Waals surface area contributed by atoms with Crippen LogP contribution in [0.5, 0.6) is 0 Å². The summed E-state index contributed by atoms with van der Waals surface area (Å²) in [5, 5.41) is 10.6. The van der Waals surface area contributed by atoms with E-state index in [4.69, 9.17) is 0 Å². The summed E-state index contributed by atoms with van der Waals surface area (Å²) in [6.07, 6.45) is 1.63. The summed E-state index contributed by atoms with van der Waals surface area (Å²) in [5.41, 5.74) is 2.13. The molecule has 1 heterocycles. The van der Waals surface area contributed by atoms with Crippen LogP contribution >= 0.6 is 0 Å². The van der Waals surface area contributed by atoms with Crippen molar-refractivity contribution < 1.29 is 5.11 Å². The summed E-state index contributed by atoms with van der Waals surface area (Å²) in [7, 11) is 2.01. The van der Waals surface area contributed by atoms with Crippen molar-refractivity contribution in [3.8, 4) is 0 Å². The van der Waals surface area contributed by atoms with Gasteiger partial charge in [-0.25, -0.2) is 0 Å². The number of hydrogen-bond acceptors (Lipinski definition) is 1. The highest BCUT2D eigenvalue weighted by Gasteiger charge is 2.03. The maximum absolute atomic E-state index is 9.40. The minimum Gasteiger partial charge on any atom is -0.389 e. The molecule has 2 heteroatoms. The lowest BCUT2D eigenvalue weighted by Gasteiger charge is -2.05. The van der Waals surface area contributed by atoms with Crippen LogP contribution in [-0.2, 0) is 7.05 Å². The predicted molar refractivity (Wildman–Crippen MR) is 53.6 cm³/mol. The van der Waals surface area contributed by atoms with E-state index in [0.717, 1.165) is 5.56 Å². The number of aromatic nitrogens is 1. The van der Waals surface area contributed by atoms with E-state index >= 15 is 0 Å². The Labute approximate surface area is 77.4 Å². The van der Waals surface area contributed by atoms with Crippen molar-refractivity contribution in [1.82, 2.24) is 4.57 Å². The Morgan fingerprint density at radius 2 is 2.08 bits per heavy atom. The second-order valence-corrected chi connectivity index (χ2v) is 3.42. The second-order valence-electron chi connectivity index (χ2n) is 3.42. The molecule has 1 aromatic carbocycles. The quantitative estimate of drug-likeness (QED) is 0.706. The first kappa shape index (κ1) is 8.32. The Morgan fingerprint density at radius 1 is 1.31 bits per heavy atom. The zero-order valence-corrected chi connectivity index (χ0v) is 7.86. The molecule has 68 valence electrons. The van der Waals surface area contributed by atoms with Crippen molar-refractivity contribution in [2.45, 2.75) is 13.0 Å². The molecule has 2 nitrogen and oxygen atoms in total. The van der Waals surface area contributed by atoms with Crippen LogP contribution < -0.4 is 0 Å². The number of aryl methyl sites for hydroxylation is 1. The van der Waals surface area contributed by atoms with Gasteiger partial charge in [0.15, 0.2) is 0 Å². The molecule has 1 unspecified atom stereocenters. The third kappa shape index (κ3) is 1.33. The summed E-state index contributed by atoms with van der Waals surface area (Å²) >= 11 is 0. The van der Waals surface area contributed by atoms with Crippen LogP contribution in [0.25, 0.3) is 10.9 Å². The zero-order valence-electron chi connectivity index (χ0n) is 7.86. The molecule has 1 atom stereocenters. The van der Waals surface area contributed by atoms with E-state index in [1.165, 1.54) is 10.9 Å². The van der Waals surface area contributed by atoms with Gasteiger partial charge in [0.1, 0.15) is 0 Å². The van der Waals surface area contributed by atoms with Gasteiger partial charge in [-0.1, -0.05) is 12.1 Å². The standard InChI is InChI=1S/C11H13NO/c1-8(13)10-4-3-9-5-6-12(2)11(9)7-10/h3-8,13H,1-2H3. The van der Waals surface area contributed by atoms with E-state index in [2.05, 4.69) is 10.6 Å². The molecule has 0 saturated carbocycles. The fraction of sp³-hybridized carbons (Fsp3) is 0.273. The van der Waals surface area contributed by atoms with Gasteiger partial charge in [0, 0.05) is 18.8 Å². The maximum Gasteiger partial charge on any atom is 0.0762 e. The smallest absolute Gasteiger partial charge is 0.0762 e. The third-order valence-corrected chi connectivity index (χ3v) is 2.39. The van der Waals surface area contributed by atoms with Gasteiger partial charge in [-0.2, -0.15) is 0 Å². The van der Waals surface area contributed by atoms with Gasteiger partial charge in [0.05, 0.1) is 6.10 Å². The average molecular weight is 175 g/mol. The molecular formula is C11H13NO. The summed E-state index contributed by atoms with van der Waals surface area (Å²) in [4.78, 5) is 0. The van der Waals surface area contributed by atoms with E-state index in [1.807, 2.05) is 31.4 Å². The van der Waals surface area contributed by atoms with E-state index < -0.39 is 0 Å². The van der Waals surface area contributed by atoms with Gasteiger partial charge in [0.25, 0.3) is 0 Å². The Hall–Kier alpha value is -1.28. The van der Waals surface area contributed by atoms with Gasteiger partial charge in [-0.15, -0.1) is 0 Å². The highest BCUT2D eigenvalue weighted by atomic mass is 16.3. The molecule has 0 saturated heterocycles. The first-order valence-corrected chi connectivity index (χ1v) is 4.41. The fourth-order valence-electron chi connectivity index (χ4n) is 1.54. The maximum atomic E-state index is 9.40. The Morgan fingerprint density at radius 3 is 2.77 bits per heavy atom. The Kier molecular flexibility index (Phi) is 1.85. The summed E-state index contributed by atoms with van der Waals surface area (Å²) < 4.78 is 2.06. The van der Waals surface area contributed by atoms with Crippen LogP contribution in [0.2, 0.25) is 0 Å². The van der Waals surface area contributed by atoms with Crippen molar-refractivity contribution >= 4 is 10.9 Å². The SMILES string of the molecule is CC(O)c1ccc2ccn(C)c2c1. The molecule has 0 fully saturated rings. The Bertz CT molecular complexity index is 429. The zero-order chi connectivity index (χ0) is 9.42. The van der Waals surface area contributed by atoms with Gasteiger partial charge < -0.3 is 9.67 Å². The molecule has 0 spiro atoms.